The largest absolute Gasteiger partial charge is 0.574 e. The first-order valence-corrected chi connectivity index (χ1v) is 12.3. The summed E-state index contributed by atoms with van der Waals surface area (Å²) in [6.07, 6.45) is -8.72. The van der Waals surface area contributed by atoms with Crippen molar-refractivity contribution in [3.63, 3.8) is 0 Å². The first-order chi connectivity index (χ1) is 18.1. The number of pyridine rings is 1. The molecule has 3 aromatic rings. The highest BCUT2D eigenvalue weighted by molar-refractivity contribution is 5.88. The molecule has 3 heterocycles. The minimum Gasteiger partial charge on any atom is -0.387 e. The van der Waals surface area contributed by atoms with Crippen LogP contribution in [-0.2, 0) is 11.0 Å². The molecule has 4 rings (SSSR count). The summed E-state index contributed by atoms with van der Waals surface area (Å²) in [6, 6.07) is 4.75. The number of aryl methyl sites for hydroxylation is 1. The van der Waals surface area contributed by atoms with Crippen molar-refractivity contribution in [3.8, 4) is 5.88 Å². The number of fused-ring (bicyclic) bond motifs is 1. The van der Waals surface area contributed by atoms with Crippen LogP contribution in [0.2, 0.25) is 0 Å². The van der Waals surface area contributed by atoms with Crippen LogP contribution in [-0.4, -0.2) is 45.2 Å². The van der Waals surface area contributed by atoms with Gasteiger partial charge < -0.3 is 15.0 Å². The smallest absolute Gasteiger partial charge is 0.387 e. The molecule has 1 aliphatic heterocycles. The monoisotopic (exact) mass is 555 g/mol. The van der Waals surface area contributed by atoms with Crippen LogP contribution in [0.4, 0.5) is 32.2 Å². The molecule has 0 unspecified atom stereocenters. The van der Waals surface area contributed by atoms with Gasteiger partial charge in [-0.2, -0.15) is 18.2 Å². The Bertz CT molecular complexity index is 1380. The Morgan fingerprint density at radius 3 is 2.33 bits per heavy atom. The topological polar surface area (TPSA) is 80.2 Å². The van der Waals surface area contributed by atoms with E-state index >= 15 is 0 Å². The number of hydrogen-bond donors (Lipinski definition) is 1. The molecule has 0 aliphatic carbocycles. The summed E-state index contributed by atoms with van der Waals surface area (Å²) >= 11 is 0. The van der Waals surface area contributed by atoms with E-state index < -0.39 is 30.0 Å². The number of alkyl halides is 6. The van der Waals surface area contributed by atoms with Crippen LogP contribution < -0.4 is 10.1 Å². The lowest BCUT2D eigenvalue weighted by molar-refractivity contribution is -0.276. The maximum Gasteiger partial charge on any atom is 0.574 e. The lowest BCUT2D eigenvalue weighted by Crippen LogP contribution is -2.36. The molecule has 1 aliphatic rings. The van der Waals surface area contributed by atoms with Crippen LogP contribution >= 0.6 is 0 Å². The molecule has 1 aromatic carbocycles. The predicted molar refractivity (Wildman–Crippen MR) is 131 cm³/mol. The fraction of sp³-hybridized carbons (Fsp3) is 0.462. The number of hydrogen-bond acceptors (Lipinski definition) is 6. The second-order valence-corrected chi connectivity index (χ2v) is 9.59. The molecule has 0 radical (unpaired) electrons. The number of nitrogens with zero attached hydrogens (tertiary/aromatic N) is 4. The van der Waals surface area contributed by atoms with E-state index in [2.05, 4.69) is 25.0 Å². The molecule has 0 bridgehead atoms. The summed E-state index contributed by atoms with van der Waals surface area (Å²) in [6.45, 7) is 6.74. The van der Waals surface area contributed by atoms with Crippen molar-refractivity contribution in [3.05, 3.63) is 52.3 Å². The highest BCUT2D eigenvalue weighted by Crippen LogP contribution is 2.39. The van der Waals surface area contributed by atoms with Crippen molar-refractivity contribution in [1.29, 1.82) is 0 Å². The maximum atomic E-state index is 13.5. The van der Waals surface area contributed by atoms with Crippen LogP contribution in [0.5, 0.6) is 5.88 Å². The van der Waals surface area contributed by atoms with Gasteiger partial charge in [0.05, 0.1) is 17.0 Å². The van der Waals surface area contributed by atoms with Crippen molar-refractivity contribution in [1.82, 2.24) is 19.9 Å². The van der Waals surface area contributed by atoms with Gasteiger partial charge in [-0.1, -0.05) is 12.1 Å². The first kappa shape index (κ1) is 28.4. The van der Waals surface area contributed by atoms with Gasteiger partial charge in [-0.05, 0) is 62.8 Å². The SMILES string of the molecule is CC(=O)N1CCC(c2cc3c(N[C@H](C)c4cccc(C(F)(F)F)c4C)nc(C)nc3nc2OC(F)(F)F)CC1. The number of amides is 1. The van der Waals surface area contributed by atoms with Crippen LogP contribution in [0.3, 0.4) is 0 Å². The van der Waals surface area contributed by atoms with E-state index in [1.165, 1.54) is 32.9 Å². The molecule has 1 atom stereocenters. The second kappa shape index (κ2) is 10.5. The first-order valence-electron chi connectivity index (χ1n) is 12.3. The number of carbonyl (C=O) groups is 1. The lowest BCUT2D eigenvalue weighted by Gasteiger charge is -2.32. The molecule has 39 heavy (non-hydrogen) atoms. The van der Waals surface area contributed by atoms with Gasteiger partial charge in [0.2, 0.25) is 11.8 Å². The van der Waals surface area contributed by atoms with E-state index in [9.17, 15) is 31.1 Å². The summed E-state index contributed by atoms with van der Waals surface area (Å²) in [5.74, 6) is -0.707. The molecular weight excluding hydrogens is 528 g/mol. The summed E-state index contributed by atoms with van der Waals surface area (Å²) in [5, 5.41) is 3.41. The van der Waals surface area contributed by atoms with Gasteiger partial charge in [0.25, 0.3) is 0 Å². The van der Waals surface area contributed by atoms with E-state index in [0.717, 1.165) is 6.07 Å². The Morgan fingerprint density at radius 1 is 1.08 bits per heavy atom. The predicted octanol–water partition coefficient (Wildman–Crippen LogP) is 6.46. The van der Waals surface area contributed by atoms with Gasteiger partial charge in [0, 0.05) is 25.6 Å². The Hall–Kier alpha value is -3.64. The van der Waals surface area contributed by atoms with Crippen molar-refractivity contribution in [2.75, 3.05) is 18.4 Å². The molecule has 210 valence electrons. The van der Waals surface area contributed by atoms with E-state index in [0.29, 0.717) is 36.9 Å². The Morgan fingerprint density at radius 2 is 1.74 bits per heavy atom. The zero-order chi connectivity index (χ0) is 28.7. The fourth-order valence-corrected chi connectivity index (χ4v) is 4.97. The minimum atomic E-state index is -4.99. The van der Waals surface area contributed by atoms with E-state index in [1.54, 1.807) is 17.9 Å². The standard InChI is InChI=1S/C26H27F6N5O2/c1-13-18(6-5-7-21(13)25(27,28)29)14(2)33-22-20-12-19(17-8-10-37(11-9-17)16(4)38)24(39-26(30,31)32)36-23(20)35-15(3)34-22/h5-7,12,14,17H,8-11H2,1-4H3,(H,33,34,35,36)/t14-/m1/s1. The number of piperidine rings is 1. The number of aromatic nitrogens is 3. The molecule has 7 nitrogen and oxygen atoms in total. The zero-order valence-corrected chi connectivity index (χ0v) is 21.7. The number of ether oxygens (including phenoxy) is 1. The number of halogens is 6. The lowest BCUT2D eigenvalue weighted by atomic mass is 9.89. The van der Waals surface area contributed by atoms with E-state index in [4.69, 9.17) is 0 Å². The minimum absolute atomic E-state index is 0.0528. The molecule has 0 spiro atoms. The number of benzene rings is 1. The van der Waals surface area contributed by atoms with Crippen molar-refractivity contribution in [2.45, 2.75) is 65.0 Å². The van der Waals surface area contributed by atoms with Crippen LogP contribution in [0, 0.1) is 13.8 Å². The highest BCUT2D eigenvalue weighted by Gasteiger charge is 2.36. The summed E-state index contributed by atoms with van der Waals surface area (Å²) in [7, 11) is 0. The zero-order valence-electron chi connectivity index (χ0n) is 21.7. The Labute approximate surface area is 220 Å². The fourth-order valence-electron chi connectivity index (χ4n) is 4.97. The van der Waals surface area contributed by atoms with Crippen LogP contribution in [0.1, 0.15) is 66.7 Å². The molecule has 1 amide bonds. The molecule has 2 aromatic heterocycles. The third-order valence-corrected chi connectivity index (χ3v) is 6.88. The van der Waals surface area contributed by atoms with Gasteiger partial charge in [-0.3, -0.25) is 4.79 Å². The molecule has 1 saturated heterocycles. The average molecular weight is 556 g/mol. The van der Waals surface area contributed by atoms with Gasteiger partial charge in [0.15, 0.2) is 5.65 Å². The summed E-state index contributed by atoms with van der Waals surface area (Å²) < 4.78 is 84.5. The summed E-state index contributed by atoms with van der Waals surface area (Å²) in [4.78, 5) is 26.0. The number of likely N-dealkylation sites (tertiary alicyclic amines) is 1. The number of nitrogens with one attached hydrogen (secondary N) is 1. The molecular formula is C26H27F6N5O2. The van der Waals surface area contributed by atoms with Gasteiger partial charge in [-0.25, -0.2) is 9.97 Å². The second-order valence-electron chi connectivity index (χ2n) is 9.59. The number of rotatable bonds is 5. The molecule has 1 fully saturated rings. The van der Waals surface area contributed by atoms with Crippen LogP contribution in [0.25, 0.3) is 11.0 Å². The molecule has 13 heteroatoms. The third kappa shape index (κ3) is 6.34. The Kier molecular flexibility index (Phi) is 7.63. The number of anilines is 1. The van der Waals surface area contributed by atoms with E-state index in [-0.39, 0.29) is 40.2 Å². The van der Waals surface area contributed by atoms with Crippen molar-refractivity contribution >= 4 is 22.8 Å². The van der Waals surface area contributed by atoms with Gasteiger partial charge in [0.1, 0.15) is 11.6 Å². The molecule has 1 N–H and O–H groups in total. The average Bonchev–Trinajstić information content (AvgIpc) is 2.82. The molecule has 0 saturated carbocycles. The van der Waals surface area contributed by atoms with Gasteiger partial charge >= 0.3 is 12.5 Å². The third-order valence-electron chi connectivity index (χ3n) is 6.88. The van der Waals surface area contributed by atoms with Crippen molar-refractivity contribution < 1.29 is 35.9 Å². The van der Waals surface area contributed by atoms with Crippen LogP contribution in [0.15, 0.2) is 24.3 Å². The highest BCUT2D eigenvalue weighted by atomic mass is 19.4. The number of carbonyl (C=O) groups excluding carboxylic acids is 1. The normalized spacial score (nSPS) is 15.9. The maximum absolute atomic E-state index is 13.5. The van der Waals surface area contributed by atoms with Gasteiger partial charge in [-0.15, -0.1) is 13.2 Å². The van der Waals surface area contributed by atoms with E-state index in [1.807, 2.05) is 0 Å². The summed E-state index contributed by atoms with van der Waals surface area (Å²) in [5.41, 5.74) is -0.177. The Balaban J connectivity index is 1.77. The van der Waals surface area contributed by atoms with Crippen molar-refractivity contribution in [2.24, 2.45) is 0 Å². The quantitative estimate of drug-likeness (QED) is 0.364.